The third-order valence-electron chi connectivity index (χ3n) is 2.67. The largest absolute Gasteiger partial charge is 0.469 e. The van der Waals surface area contributed by atoms with Gasteiger partial charge >= 0.3 is 5.97 Å². The first-order chi connectivity index (χ1) is 5.83. The SMILES string of the molecule is COC(=O)C1C=CC2COCC21. The zero-order chi connectivity index (χ0) is 8.55. The van der Waals surface area contributed by atoms with Crippen LogP contribution in [0.5, 0.6) is 0 Å². The van der Waals surface area contributed by atoms with Gasteiger partial charge in [0.1, 0.15) is 0 Å². The molecule has 1 fully saturated rings. The Morgan fingerprint density at radius 3 is 3.08 bits per heavy atom. The lowest BCUT2D eigenvalue weighted by Gasteiger charge is -2.13. The Balaban J connectivity index is 2.09. The first kappa shape index (κ1) is 7.80. The maximum Gasteiger partial charge on any atom is 0.312 e. The number of carbonyl (C=O) groups excluding carboxylic acids is 1. The summed E-state index contributed by atoms with van der Waals surface area (Å²) in [6.45, 7) is 1.45. The second kappa shape index (κ2) is 2.90. The summed E-state index contributed by atoms with van der Waals surface area (Å²) in [5.74, 6) is 0.568. The first-order valence-electron chi connectivity index (χ1n) is 4.17. The smallest absolute Gasteiger partial charge is 0.312 e. The molecule has 3 nitrogen and oxygen atoms in total. The number of hydrogen-bond acceptors (Lipinski definition) is 3. The van der Waals surface area contributed by atoms with Crippen molar-refractivity contribution in [3.8, 4) is 0 Å². The number of rotatable bonds is 1. The molecule has 2 aliphatic rings. The van der Waals surface area contributed by atoms with Gasteiger partial charge in [0.2, 0.25) is 0 Å². The van der Waals surface area contributed by atoms with Crippen molar-refractivity contribution in [1.29, 1.82) is 0 Å². The third kappa shape index (κ3) is 1.05. The van der Waals surface area contributed by atoms with Gasteiger partial charge in [0.05, 0.1) is 26.2 Å². The Kier molecular flexibility index (Phi) is 1.89. The molecule has 0 spiro atoms. The summed E-state index contributed by atoms with van der Waals surface area (Å²) in [4.78, 5) is 11.2. The summed E-state index contributed by atoms with van der Waals surface area (Å²) in [5.41, 5.74) is 0. The molecule has 1 heterocycles. The minimum absolute atomic E-state index is 0.0671. The standard InChI is InChI=1S/C9H12O3/c1-11-9(10)7-3-2-6-4-12-5-8(6)7/h2-3,6-8H,4-5H2,1H3. The fourth-order valence-corrected chi connectivity index (χ4v) is 1.95. The average Bonchev–Trinajstić information content (AvgIpc) is 2.62. The highest BCUT2D eigenvalue weighted by atomic mass is 16.5. The van der Waals surface area contributed by atoms with Crippen LogP contribution in [0.1, 0.15) is 0 Å². The van der Waals surface area contributed by atoms with Crippen molar-refractivity contribution in [2.24, 2.45) is 17.8 Å². The number of carbonyl (C=O) groups is 1. The molecule has 3 unspecified atom stereocenters. The van der Waals surface area contributed by atoms with Crippen LogP contribution in [0.4, 0.5) is 0 Å². The van der Waals surface area contributed by atoms with Gasteiger partial charge in [0.15, 0.2) is 0 Å². The topological polar surface area (TPSA) is 35.5 Å². The first-order valence-corrected chi connectivity index (χ1v) is 4.17. The van der Waals surface area contributed by atoms with Crippen molar-refractivity contribution in [3.05, 3.63) is 12.2 Å². The molecule has 0 radical (unpaired) electrons. The molecule has 0 aromatic heterocycles. The van der Waals surface area contributed by atoms with Crippen LogP contribution in [0.25, 0.3) is 0 Å². The van der Waals surface area contributed by atoms with Gasteiger partial charge in [-0.05, 0) is 0 Å². The molecule has 0 saturated carbocycles. The summed E-state index contributed by atoms with van der Waals surface area (Å²) >= 11 is 0. The molecule has 2 rings (SSSR count). The molecule has 12 heavy (non-hydrogen) atoms. The summed E-state index contributed by atoms with van der Waals surface area (Å²) < 4.78 is 9.97. The summed E-state index contributed by atoms with van der Waals surface area (Å²) in [5, 5.41) is 0. The summed E-state index contributed by atoms with van der Waals surface area (Å²) in [7, 11) is 1.43. The Morgan fingerprint density at radius 1 is 1.50 bits per heavy atom. The van der Waals surface area contributed by atoms with E-state index in [-0.39, 0.29) is 11.9 Å². The molecular weight excluding hydrogens is 156 g/mol. The van der Waals surface area contributed by atoms with Gasteiger partial charge in [0.25, 0.3) is 0 Å². The second-order valence-electron chi connectivity index (χ2n) is 3.30. The number of fused-ring (bicyclic) bond motifs is 1. The number of methoxy groups -OCH3 is 1. The quantitative estimate of drug-likeness (QED) is 0.425. The van der Waals surface area contributed by atoms with E-state index in [0.29, 0.717) is 18.4 Å². The molecule has 0 aromatic rings. The lowest BCUT2D eigenvalue weighted by Crippen LogP contribution is -2.23. The molecule has 0 bridgehead atoms. The number of hydrogen-bond donors (Lipinski definition) is 0. The minimum atomic E-state index is -0.135. The van der Waals surface area contributed by atoms with Crippen LogP contribution in [0.2, 0.25) is 0 Å². The van der Waals surface area contributed by atoms with Crippen molar-refractivity contribution in [3.63, 3.8) is 0 Å². The van der Waals surface area contributed by atoms with Crippen molar-refractivity contribution in [2.75, 3.05) is 20.3 Å². The normalized spacial score (nSPS) is 38.2. The molecule has 0 aromatic carbocycles. The molecule has 66 valence electrons. The van der Waals surface area contributed by atoms with Crippen LogP contribution < -0.4 is 0 Å². The van der Waals surface area contributed by atoms with Gasteiger partial charge in [-0.2, -0.15) is 0 Å². The number of esters is 1. The lowest BCUT2D eigenvalue weighted by atomic mass is 9.91. The van der Waals surface area contributed by atoms with E-state index < -0.39 is 0 Å². The van der Waals surface area contributed by atoms with E-state index in [1.54, 1.807) is 0 Å². The molecule has 1 saturated heterocycles. The molecule has 3 atom stereocenters. The Morgan fingerprint density at radius 2 is 2.33 bits per heavy atom. The monoisotopic (exact) mass is 168 g/mol. The maximum absolute atomic E-state index is 11.2. The van der Waals surface area contributed by atoms with Crippen molar-refractivity contribution in [1.82, 2.24) is 0 Å². The lowest BCUT2D eigenvalue weighted by molar-refractivity contribution is -0.145. The molecule has 1 aliphatic carbocycles. The average molecular weight is 168 g/mol. The molecule has 0 N–H and O–H groups in total. The van der Waals surface area contributed by atoms with E-state index in [1.165, 1.54) is 7.11 Å². The second-order valence-corrected chi connectivity index (χ2v) is 3.30. The minimum Gasteiger partial charge on any atom is -0.469 e. The van der Waals surface area contributed by atoms with Gasteiger partial charge < -0.3 is 9.47 Å². The van der Waals surface area contributed by atoms with E-state index in [4.69, 9.17) is 9.47 Å². The highest BCUT2D eigenvalue weighted by molar-refractivity contribution is 5.75. The van der Waals surface area contributed by atoms with Crippen LogP contribution in [0, 0.1) is 17.8 Å². The van der Waals surface area contributed by atoms with Crippen LogP contribution in [0.3, 0.4) is 0 Å². The zero-order valence-electron chi connectivity index (χ0n) is 7.03. The Bertz CT molecular complexity index is 222. The highest BCUT2D eigenvalue weighted by Crippen LogP contribution is 2.36. The van der Waals surface area contributed by atoms with E-state index in [0.717, 1.165) is 6.61 Å². The Hall–Kier alpha value is -0.830. The van der Waals surface area contributed by atoms with Crippen LogP contribution >= 0.6 is 0 Å². The van der Waals surface area contributed by atoms with Gasteiger partial charge in [0, 0.05) is 11.8 Å². The van der Waals surface area contributed by atoms with E-state index in [9.17, 15) is 4.79 Å². The van der Waals surface area contributed by atoms with Crippen molar-refractivity contribution < 1.29 is 14.3 Å². The van der Waals surface area contributed by atoms with Gasteiger partial charge in [-0.1, -0.05) is 12.2 Å². The van der Waals surface area contributed by atoms with Crippen molar-refractivity contribution in [2.45, 2.75) is 0 Å². The van der Waals surface area contributed by atoms with E-state index in [1.807, 2.05) is 6.08 Å². The van der Waals surface area contributed by atoms with Gasteiger partial charge in [-0.3, -0.25) is 4.79 Å². The van der Waals surface area contributed by atoms with Crippen LogP contribution in [-0.4, -0.2) is 26.3 Å². The zero-order valence-corrected chi connectivity index (χ0v) is 7.03. The predicted molar refractivity (Wildman–Crippen MR) is 42.4 cm³/mol. The fourth-order valence-electron chi connectivity index (χ4n) is 1.95. The van der Waals surface area contributed by atoms with Gasteiger partial charge in [-0.15, -0.1) is 0 Å². The maximum atomic E-state index is 11.2. The number of ether oxygens (including phenoxy) is 2. The Labute approximate surface area is 71.3 Å². The predicted octanol–water partition coefficient (Wildman–Crippen LogP) is 0.608. The molecule has 3 heteroatoms. The van der Waals surface area contributed by atoms with Gasteiger partial charge in [-0.25, -0.2) is 0 Å². The van der Waals surface area contributed by atoms with E-state index in [2.05, 4.69) is 6.08 Å². The van der Waals surface area contributed by atoms with Crippen LogP contribution in [0.15, 0.2) is 12.2 Å². The molecule has 1 aliphatic heterocycles. The van der Waals surface area contributed by atoms with Crippen molar-refractivity contribution >= 4 is 5.97 Å². The summed E-state index contributed by atoms with van der Waals surface area (Å²) in [6, 6.07) is 0. The van der Waals surface area contributed by atoms with E-state index >= 15 is 0 Å². The van der Waals surface area contributed by atoms with Crippen LogP contribution in [-0.2, 0) is 14.3 Å². The summed E-state index contributed by atoms with van der Waals surface area (Å²) in [6.07, 6.45) is 4.02. The molecule has 0 amide bonds. The highest BCUT2D eigenvalue weighted by Gasteiger charge is 2.40. The third-order valence-corrected chi connectivity index (χ3v) is 2.67. The fraction of sp³-hybridized carbons (Fsp3) is 0.667. The molecular formula is C9H12O3.